The van der Waals surface area contributed by atoms with Gasteiger partial charge in [-0.15, -0.1) is 0 Å². The third kappa shape index (κ3) is 4.03. The third-order valence-corrected chi connectivity index (χ3v) is 2.95. The van der Waals surface area contributed by atoms with Gasteiger partial charge in [0.1, 0.15) is 17.4 Å². The number of nitrogen functional groups attached to an aromatic ring is 1. The minimum absolute atomic E-state index is 0.166. The molecule has 0 unspecified atom stereocenters. The molecule has 3 N–H and O–H groups in total. The van der Waals surface area contributed by atoms with Gasteiger partial charge in [-0.3, -0.25) is 0 Å². The second kappa shape index (κ2) is 6.47. The summed E-state index contributed by atoms with van der Waals surface area (Å²) in [6, 6.07) is 9.42. The van der Waals surface area contributed by atoms with E-state index in [1.807, 2.05) is 44.4 Å². The molecule has 6 heteroatoms. The van der Waals surface area contributed by atoms with Crippen LogP contribution in [0.25, 0.3) is 0 Å². The van der Waals surface area contributed by atoms with Crippen molar-refractivity contribution in [2.75, 3.05) is 17.3 Å². The monoisotopic (exact) mass is 290 g/mol. The Hall–Kier alpha value is -1.95. The van der Waals surface area contributed by atoms with Crippen molar-refractivity contribution < 1.29 is 4.74 Å². The summed E-state index contributed by atoms with van der Waals surface area (Å²) in [7, 11) is 0. The van der Waals surface area contributed by atoms with Gasteiger partial charge in [-0.05, 0) is 44.4 Å². The maximum Gasteiger partial charge on any atom is 0.191 e. The van der Waals surface area contributed by atoms with Crippen LogP contribution in [0.3, 0.4) is 0 Å². The SMILES string of the molecule is CSc1nc(N)cc(Nc2ccc(OC(C)C)cc2)n1. The van der Waals surface area contributed by atoms with Crippen LogP contribution >= 0.6 is 11.8 Å². The predicted octanol–water partition coefficient (Wildman–Crippen LogP) is 3.31. The maximum absolute atomic E-state index is 5.74. The Morgan fingerprint density at radius 3 is 2.50 bits per heavy atom. The van der Waals surface area contributed by atoms with E-state index in [4.69, 9.17) is 10.5 Å². The number of ether oxygens (including phenoxy) is 1. The summed E-state index contributed by atoms with van der Waals surface area (Å²) in [5, 5.41) is 3.85. The highest BCUT2D eigenvalue weighted by molar-refractivity contribution is 7.98. The third-order valence-electron chi connectivity index (χ3n) is 2.41. The number of hydrogen-bond acceptors (Lipinski definition) is 6. The number of thioether (sulfide) groups is 1. The molecule has 20 heavy (non-hydrogen) atoms. The molecular weight excluding hydrogens is 272 g/mol. The molecule has 0 aliphatic rings. The minimum atomic E-state index is 0.166. The van der Waals surface area contributed by atoms with Crippen LogP contribution in [0.2, 0.25) is 0 Å². The highest BCUT2D eigenvalue weighted by Crippen LogP contribution is 2.22. The van der Waals surface area contributed by atoms with Crippen LogP contribution in [-0.2, 0) is 0 Å². The van der Waals surface area contributed by atoms with E-state index in [9.17, 15) is 0 Å². The number of aromatic nitrogens is 2. The summed E-state index contributed by atoms with van der Waals surface area (Å²) in [5.74, 6) is 1.98. The van der Waals surface area contributed by atoms with E-state index >= 15 is 0 Å². The van der Waals surface area contributed by atoms with Crippen molar-refractivity contribution in [3.05, 3.63) is 30.3 Å². The van der Waals surface area contributed by atoms with Crippen LogP contribution in [0.5, 0.6) is 5.75 Å². The molecule has 0 atom stereocenters. The summed E-state index contributed by atoms with van der Waals surface area (Å²) in [5.41, 5.74) is 6.67. The van der Waals surface area contributed by atoms with Gasteiger partial charge in [0.05, 0.1) is 6.10 Å². The molecule has 0 bridgehead atoms. The number of hydrogen-bond donors (Lipinski definition) is 2. The molecule has 0 amide bonds. The van der Waals surface area contributed by atoms with Gasteiger partial charge in [-0.25, -0.2) is 9.97 Å². The van der Waals surface area contributed by atoms with Crippen LogP contribution in [0.4, 0.5) is 17.3 Å². The van der Waals surface area contributed by atoms with Crippen molar-refractivity contribution in [1.82, 2.24) is 9.97 Å². The van der Waals surface area contributed by atoms with Gasteiger partial charge in [0, 0.05) is 11.8 Å². The van der Waals surface area contributed by atoms with Crippen LogP contribution in [-0.4, -0.2) is 22.3 Å². The lowest BCUT2D eigenvalue weighted by Crippen LogP contribution is -2.05. The van der Waals surface area contributed by atoms with Gasteiger partial charge in [0.2, 0.25) is 0 Å². The number of rotatable bonds is 5. The Balaban J connectivity index is 2.11. The first-order valence-electron chi connectivity index (χ1n) is 6.29. The zero-order chi connectivity index (χ0) is 14.5. The second-order valence-electron chi connectivity index (χ2n) is 4.48. The van der Waals surface area contributed by atoms with Gasteiger partial charge in [-0.1, -0.05) is 11.8 Å². The van der Waals surface area contributed by atoms with E-state index in [2.05, 4.69) is 15.3 Å². The molecule has 2 rings (SSSR count). The molecule has 106 valence electrons. The van der Waals surface area contributed by atoms with Crippen LogP contribution in [0, 0.1) is 0 Å². The zero-order valence-electron chi connectivity index (χ0n) is 11.8. The summed E-state index contributed by atoms with van der Waals surface area (Å²) in [6.45, 7) is 4.00. The van der Waals surface area contributed by atoms with Crippen LogP contribution in [0.1, 0.15) is 13.8 Å². The van der Waals surface area contributed by atoms with Crippen molar-refractivity contribution in [3.8, 4) is 5.75 Å². The molecule has 2 aromatic rings. The molecule has 0 spiro atoms. The molecule has 0 aliphatic carbocycles. The van der Waals surface area contributed by atoms with E-state index in [-0.39, 0.29) is 6.10 Å². The first kappa shape index (κ1) is 14.5. The van der Waals surface area contributed by atoms with E-state index in [0.29, 0.717) is 16.8 Å². The van der Waals surface area contributed by atoms with E-state index in [1.165, 1.54) is 11.8 Å². The highest BCUT2D eigenvalue weighted by atomic mass is 32.2. The summed E-state index contributed by atoms with van der Waals surface area (Å²) in [4.78, 5) is 8.46. The normalized spacial score (nSPS) is 10.6. The summed E-state index contributed by atoms with van der Waals surface area (Å²) >= 11 is 1.45. The average Bonchev–Trinajstić information content (AvgIpc) is 2.39. The number of nitrogens with zero attached hydrogens (tertiary/aromatic N) is 2. The number of benzene rings is 1. The van der Waals surface area contributed by atoms with Gasteiger partial charge in [0.15, 0.2) is 5.16 Å². The first-order chi connectivity index (χ1) is 9.56. The van der Waals surface area contributed by atoms with Gasteiger partial charge < -0.3 is 15.8 Å². The molecular formula is C14H18N4OS. The standard InChI is InChI=1S/C14H18N4OS/c1-9(2)19-11-6-4-10(5-7-11)16-13-8-12(15)17-14(18-13)20-3/h4-9H,1-3H3,(H3,15,16,17,18). The van der Waals surface area contributed by atoms with E-state index in [1.54, 1.807) is 6.07 Å². The van der Waals surface area contributed by atoms with Crippen molar-refractivity contribution in [2.24, 2.45) is 0 Å². The largest absolute Gasteiger partial charge is 0.491 e. The first-order valence-corrected chi connectivity index (χ1v) is 7.51. The fraction of sp³-hybridized carbons (Fsp3) is 0.286. The van der Waals surface area contributed by atoms with Crippen LogP contribution < -0.4 is 15.8 Å². The Morgan fingerprint density at radius 1 is 1.20 bits per heavy atom. The molecule has 0 aliphatic heterocycles. The minimum Gasteiger partial charge on any atom is -0.491 e. The number of anilines is 3. The van der Waals surface area contributed by atoms with Gasteiger partial charge in [-0.2, -0.15) is 0 Å². The van der Waals surface area contributed by atoms with Crippen LogP contribution in [0.15, 0.2) is 35.5 Å². The average molecular weight is 290 g/mol. The molecule has 0 saturated carbocycles. The predicted molar refractivity (Wildman–Crippen MR) is 83.7 cm³/mol. The van der Waals surface area contributed by atoms with E-state index in [0.717, 1.165) is 11.4 Å². The lowest BCUT2D eigenvalue weighted by atomic mass is 10.3. The Labute approximate surface area is 123 Å². The highest BCUT2D eigenvalue weighted by Gasteiger charge is 2.03. The Bertz CT molecular complexity index is 572. The summed E-state index contributed by atoms with van der Waals surface area (Å²) in [6.07, 6.45) is 2.08. The second-order valence-corrected chi connectivity index (χ2v) is 5.25. The Kier molecular flexibility index (Phi) is 4.68. The lowest BCUT2D eigenvalue weighted by molar-refractivity contribution is 0.242. The van der Waals surface area contributed by atoms with Crippen molar-refractivity contribution in [2.45, 2.75) is 25.1 Å². The number of nitrogens with one attached hydrogen (secondary N) is 1. The molecule has 1 aromatic heterocycles. The number of nitrogens with two attached hydrogens (primary N) is 1. The molecule has 1 aromatic carbocycles. The fourth-order valence-electron chi connectivity index (χ4n) is 1.64. The van der Waals surface area contributed by atoms with Gasteiger partial charge >= 0.3 is 0 Å². The topological polar surface area (TPSA) is 73.1 Å². The summed E-state index contributed by atoms with van der Waals surface area (Å²) < 4.78 is 5.60. The molecule has 0 saturated heterocycles. The van der Waals surface area contributed by atoms with Crippen molar-refractivity contribution >= 4 is 29.1 Å². The quantitative estimate of drug-likeness (QED) is 0.650. The van der Waals surface area contributed by atoms with E-state index < -0.39 is 0 Å². The van der Waals surface area contributed by atoms with Crippen molar-refractivity contribution in [3.63, 3.8) is 0 Å². The molecule has 5 nitrogen and oxygen atoms in total. The Morgan fingerprint density at radius 2 is 1.90 bits per heavy atom. The lowest BCUT2D eigenvalue weighted by Gasteiger charge is -2.11. The smallest absolute Gasteiger partial charge is 0.191 e. The fourth-order valence-corrected chi connectivity index (χ4v) is 2.02. The van der Waals surface area contributed by atoms with Crippen molar-refractivity contribution in [1.29, 1.82) is 0 Å². The molecule has 0 radical (unpaired) electrons. The zero-order valence-corrected chi connectivity index (χ0v) is 12.6. The van der Waals surface area contributed by atoms with Gasteiger partial charge in [0.25, 0.3) is 0 Å². The maximum atomic E-state index is 5.74. The molecule has 1 heterocycles. The molecule has 0 fully saturated rings.